The number of furan rings is 1. The van der Waals surface area contributed by atoms with Gasteiger partial charge in [0.25, 0.3) is 0 Å². The van der Waals surface area contributed by atoms with Crippen molar-refractivity contribution in [2.24, 2.45) is 0 Å². The number of para-hydroxylation sites is 1. The van der Waals surface area contributed by atoms with E-state index in [-0.39, 0.29) is 5.78 Å². The summed E-state index contributed by atoms with van der Waals surface area (Å²) >= 11 is 0. The fraction of sp³-hybridized carbons (Fsp3) is 0.0556. The Labute approximate surface area is 117 Å². The molecule has 0 amide bonds. The molecule has 2 nitrogen and oxygen atoms in total. The first kappa shape index (κ1) is 12.4. The van der Waals surface area contributed by atoms with E-state index in [1.165, 1.54) is 0 Å². The molecule has 0 saturated heterocycles. The normalized spacial score (nSPS) is 11.2. The molecule has 0 atom stereocenters. The van der Waals surface area contributed by atoms with Crippen molar-refractivity contribution in [1.29, 1.82) is 0 Å². The van der Waals surface area contributed by atoms with Crippen LogP contribution in [0, 0.1) is 6.92 Å². The standard InChI is InChI=1S/C18H14O2/c1-13-15-9-5-6-10-17(15)20-18(13)16(19)12-11-14-7-3-2-4-8-14/h2-12H,1H3/b12-11+. The van der Waals surface area contributed by atoms with Crippen molar-refractivity contribution >= 4 is 22.8 Å². The zero-order valence-electron chi connectivity index (χ0n) is 11.2. The molecule has 0 unspecified atom stereocenters. The fourth-order valence-corrected chi connectivity index (χ4v) is 2.22. The van der Waals surface area contributed by atoms with Crippen molar-refractivity contribution in [3.63, 3.8) is 0 Å². The van der Waals surface area contributed by atoms with E-state index in [0.29, 0.717) is 5.76 Å². The van der Waals surface area contributed by atoms with Crippen LogP contribution in [-0.2, 0) is 0 Å². The molecule has 3 rings (SSSR count). The number of fused-ring (bicyclic) bond motifs is 1. The number of allylic oxidation sites excluding steroid dienone is 1. The number of rotatable bonds is 3. The van der Waals surface area contributed by atoms with Crippen LogP contribution in [0.25, 0.3) is 17.0 Å². The van der Waals surface area contributed by atoms with E-state index in [1.54, 1.807) is 12.2 Å². The summed E-state index contributed by atoms with van der Waals surface area (Å²) in [6.07, 6.45) is 3.36. The van der Waals surface area contributed by atoms with Gasteiger partial charge in [-0.05, 0) is 24.6 Å². The molecular formula is C18H14O2. The number of hydrogen-bond donors (Lipinski definition) is 0. The topological polar surface area (TPSA) is 30.2 Å². The molecule has 2 heteroatoms. The van der Waals surface area contributed by atoms with E-state index in [2.05, 4.69) is 0 Å². The van der Waals surface area contributed by atoms with Crippen molar-refractivity contribution in [2.45, 2.75) is 6.92 Å². The molecule has 0 bridgehead atoms. The SMILES string of the molecule is Cc1c(C(=O)/C=C/c2ccccc2)oc2ccccc12. The van der Waals surface area contributed by atoms with E-state index in [4.69, 9.17) is 4.42 Å². The van der Waals surface area contributed by atoms with Gasteiger partial charge in [-0.15, -0.1) is 0 Å². The summed E-state index contributed by atoms with van der Waals surface area (Å²) in [5.41, 5.74) is 2.64. The molecule has 0 N–H and O–H groups in total. The maximum absolute atomic E-state index is 12.2. The van der Waals surface area contributed by atoms with Gasteiger partial charge in [0.05, 0.1) is 0 Å². The molecular weight excluding hydrogens is 248 g/mol. The largest absolute Gasteiger partial charge is 0.452 e. The Balaban J connectivity index is 1.93. The first-order valence-electron chi connectivity index (χ1n) is 6.51. The highest BCUT2D eigenvalue weighted by atomic mass is 16.3. The minimum absolute atomic E-state index is 0.109. The number of carbonyl (C=O) groups is 1. The van der Waals surface area contributed by atoms with Crippen molar-refractivity contribution in [3.8, 4) is 0 Å². The Morgan fingerprint density at radius 3 is 2.45 bits per heavy atom. The third kappa shape index (κ3) is 2.28. The average molecular weight is 262 g/mol. The van der Waals surface area contributed by atoms with Gasteiger partial charge in [0.15, 0.2) is 5.76 Å². The molecule has 0 aliphatic heterocycles. The van der Waals surface area contributed by atoms with E-state index >= 15 is 0 Å². The molecule has 3 aromatic rings. The number of carbonyl (C=O) groups excluding carboxylic acids is 1. The molecule has 2 aromatic carbocycles. The molecule has 0 aliphatic rings. The van der Waals surface area contributed by atoms with Gasteiger partial charge in [-0.3, -0.25) is 4.79 Å². The number of ketones is 1. The number of hydrogen-bond acceptors (Lipinski definition) is 2. The minimum Gasteiger partial charge on any atom is -0.452 e. The third-order valence-corrected chi connectivity index (χ3v) is 3.29. The van der Waals surface area contributed by atoms with Gasteiger partial charge in [-0.1, -0.05) is 54.6 Å². The molecule has 0 fully saturated rings. The fourth-order valence-electron chi connectivity index (χ4n) is 2.22. The van der Waals surface area contributed by atoms with Crippen LogP contribution in [0.3, 0.4) is 0 Å². The van der Waals surface area contributed by atoms with Crippen molar-refractivity contribution in [2.75, 3.05) is 0 Å². The lowest BCUT2D eigenvalue weighted by molar-refractivity contribution is 0.102. The van der Waals surface area contributed by atoms with Crippen LogP contribution in [0.2, 0.25) is 0 Å². The van der Waals surface area contributed by atoms with Crippen LogP contribution in [0.4, 0.5) is 0 Å². The van der Waals surface area contributed by atoms with Gasteiger partial charge in [-0.25, -0.2) is 0 Å². The molecule has 0 spiro atoms. The average Bonchev–Trinajstić information content (AvgIpc) is 2.84. The van der Waals surface area contributed by atoms with Gasteiger partial charge >= 0.3 is 0 Å². The zero-order valence-corrected chi connectivity index (χ0v) is 11.2. The van der Waals surface area contributed by atoms with Crippen molar-refractivity contribution < 1.29 is 9.21 Å². The molecule has 0 saturated carbocycles. The lowest BCUT2D eigenvalue weighted by Gasteiger charge is -1.93. The highest BCUT2D eigenvalue weighted by Gasteiger charge is 2.14. The number of benzene rings is 2. The minimum atomic E-state index is -0.109. The monoisotopic (exact) mass is 262 g/mol. The summed E-state index contributed by atoms with van der Waals surface area (Å²) in [5, 5.41) is 0.990. The van der Waals surface area contributed by atoms with Crippen LogP contribution in [0.15, 0.2) is 65.1 Å². The number of aryl methyl sites for hydroxylation is 1. The summed E-state index contributed by atoms with van der Waals surface area (Å²) < 4.78 is 5.65. The van der Waals surface area contributed by atoms with E-state index in [0.717, 1.165) is 22.1 Å². The Morgan fingerprint density at radius 1 is 1.00 bits per heavy atom. The Bertz CT molecular complexity index is 780. The lowest BCUT2D eigenvalue weighted by Crippen LogP contribution is -1.93. The first-order chi connectivity index (χ1) is 9.75. The Morgan fingerprint density at radius 2 is 1.70 bits per heavy atom. The van der Waals surface area contributed by atoms with Gasteiger partial charge in [-0.2, -0.15) is 0 Å². The lowest BCUT2D eigenvalue weighted by atomic mass is 10.1. The quantitative estimate of drug-likeness (QED) is 0.508. The predicted octanol–water partition coefficient (Wildman–Crippen LogP) is 4.64. The van der Waals surface area contributed by atoms with E-state index in [1.807, 2.05) is 61.5 Å². The summed E-state index contributed by atoms with van der Waals surface area (Å²) in [4.78, 5) is 12.2. The maximum Gasteiger partial charge on any atom is 0.221 e. The second-order valence-corrected chi connectivity index (χ2v) is 4.66. The third-order valence-electron chi connectivity index (χ3n) is 3.29. The molecule has 1 aromatic heterocycles. The van der Waals surface area contributed by atoms with Gasteiger partial charge in [0.2, 0.25) is 5.78 Å². The highest BCUT2D eigenvalue weighted by molar-refractivity contribution is 6.08. The van der Waals surface area contributed by atoms with Gasteiger partial charge in [0, 0.05) is 10.9 Å². The molecule has 98 valence electrons. The van der Waals surface area contributed by atoms with Crippen LogP contribution < -0.4 is 0 Å². The van der Waals surface area contributed by atoms with E-state index < -0.39 is 0 Å². The first-order valence-corrected chi connectivity index (χ1v) is 6.51. The second kappa shape index (κ2) is 5.17. The summed E-state index contributed by atoms with van der Waals surface area (Å²) in [6, 6.07) is 17.4. The van der Waals surface area contributed by atoms with Crippen molar-refractivity contribution in [3.05, 3.63) is 77.6 Å². The van der Waals surface area contributed by atoms with Gasteiger partial charge in [0.1, 0.15) is 5.58 Å². The Hall–Kier alpha value is -2.61. The van der Waals surface area contributed by atoms with Crippen LogP contribution in [0.5, 0.6) is 0 Å². The molecule has 20 heavy (non-hydrogen) atoms. The van der Waals surface area contributed by atoms with Crippen molar-refractivity contribution in [1.82, 2.24) is 0 Å². The molecule has 0 radical (unpaired) electrons. The van der Waals surface area contributed by atoms with Crippen LogP contribution in [-0.4, -0.2) is 5.78 Å². The maximum atomic E-state index is 12.2. The van der Waals surface area contributed by atoms with Gasteiger partial charge < -0.3 is 4.42 Å². The second-order valence-electron chi connectivity index (χ2n) is 4.66. The molecule has 1 heterocycles. The zero-order chi connectivity index (χ0) is 13.9. The summed E-state index contributed by atoms with van der Waals surface area (Å²) in [6.45, 7) is 1.91. The van der Waals surface area contributed by atoms with Crippen LogP contribution >= 0.6 is 0 Å². The highest BCUT2D eigenvalue weighted by Crippen LogP contribution is 2.25. The predicted molar refractivity (Wildman–Crippen MR) is 80.8 cm³/mol. The molecule has 0 aliphatic carbocycles. The van der Waals surface area contributed by atoms with E-state index in [9.17, 15) is 4.79 Å². The summed E-state index contributed by atoms with van der Waals surface area (Å²) in [5.74, 6) is 0.306. The summed E-state index contributed by atoms with van der Waals surface area (Å²) in [7, 11) is 0. The Kier molecular flexibility index (Phi) is 3.21. The smallest absolute Gasteiger partial charge is 0.221 e. The van der Waals surface area contributed by atoms with Crippen LogP contribution in [0.1, 0.15) is 21.7 Å².